The lowest BCUT2D eigenvalue weighted by atomic mass is 9.65. The van der Waals surface area contributed by atoms with Crippen LogP contribution in [0.5, 0.6) is 0 Å². The fraction of sp³-hybridized carbons (Fsp3) is 0.467. The number of hydrogen-bond donors (Lipinski definition) is 0. The fourth-order valence-corrected chi connectivity index (χ4v) is 10.8. The molecule has 4 rings (SSSR count). The van der Waals surface area contributed by atoms with Gasteiger partial charge in [0.15, 0.2) is 5.78 Å². The Kier molecular flexibility index (Phi) is 7.48. The van der Waals surface area contributed by atoms with E-state index in [1.807, 2.05) is 12.1 Å². The fourth-order valence-electron chi connectivity index (χ4n) is 6.24. The van der Waals surface area contributed by atoms with Gasteiger partial charge in [0.1, 0.15) is 6.10 Å². The van der Waals surface area contributed by atoms with Gasteiger partial charge in [0, 0.05) is 25.9 Å². The predicted molar refractivity (Wildman–Crippen MR) is 142 cm³/mol. The lowest BCUT2D eigenvalue weighted by molar-refractivity contribution is -0.152. The summed E-state index contributed by atoms with van der Waals surface area (Å²) in [5.41, 5.74) is 0.844. The van der Waals surface area contributed by atoms with Gasteiger partial charge in [0.2, 0.25) is 0 Å². The molecule has 2 aliphatic rings. The van der Waals surface area contributed by atoms with Crippen LogP contribution in [0.15, 0.2) is 72.3 Å². The van der Waals surface area contributed by atoms with Crippen molar-refractivity contribution < 1.29 is 18.8 Å². The van der Waals surface area contributed by atoms with E-state index in [2.05, 4.69) is 82.3 Å². The molecular weight excluding hydrogens is 452 g/mol. The predicted octanol–water partition coefficient (Wildman–Crippen LogP) is 5.06. The van der Waals surface area contributed by atoms with E-state index < -0.39 is 8.32 Å². The highest BCUT2D eigenvalue weighted by molar-refractivity contribution is 6.99. The van der Waals surface area contributed by atoms with Crippen molar-refractivity contribution in [2.45, 2.75) is 65.0 Å². The van der Waals surface area contributed by atoms with E-state index in [4.69, 9.17) is 9.16 Å². The lowest BCUT2D eigenvalue weighted by Crippen LogP contribution is -2.67. The Bertz CT molecular complexity index is 1030. The van der Waals surface area contributed by atoms with Crippen molar-refractivity contribution in [2.24, 2.45) is 17.8 Å². The molecule has 1 fully saturated rings. The van der Waals surface area contributed by atoms with Gasteiger partial charge in [-0.3, -0.25) is 9.59 Å². The summed E-state index contributed by atoms with van der Waals surface area (Å²) in [6.45, 7) is 11.0. The van der Waals surface area contributed by atoms with E-state index in [0.29, 0.717) is 13.0 Å². The van der Waals surface area contributed by atoms with Crippen LogP contribution in [0.1, 0.15) is 53.9 Å². The van der Waals surface area contributed by atoms with Crippen molar-refractivity contribution in [1.29, 1.82) is 0 Å². The SMILES string of the molecule is CC(=O)O[C@H]1CCC=C2C(=O)C[C@@H](C)[C@H](CO[Si](c3ccccc3)(c3ccccc3)C(C)(C)C)[C@H]21. The van der Waals surface area contributed by atoms with Crippen LogP contribution in [0.25, 0.3) is 0 Å². The Labute approximate surface area is 210 Å². The van der Waals surface area contributed by atoms with Crippen molar-refractivity contribution in [3.63, 3.8) is 0 Å². The molecule has 0 heterocycles. The summed E-state index contributed by atoms with van der Waals surface area (Å²) in [6, 6.07) is 21.3. The number of hydrogen-bond acceptors (Lipinski definition) is 4. The summed E-state index contributed by atoms with van der Waals surface area (Å²) >= 11 is 0. The molecular formula is C30H38O4Si. The average Bonchev–Trinajstić information content (AvgIpc) is 2.81. The average molecular weight is 491 g/mol. The number of carbonyl (C=O) groups excluding carboxylic acids is 2. The van der Waals surface area contributed by atoms with Gasteiger partial charge in [0.05, 0.1) is 0 Å². The third-order valence-electron chi connectivity index (χ3n) is 7.82. The van der Waals surface area contributed by atoms with E-state index in [0.717, 1.165) is 18.4 Å². The van der Waals surface area contributed by atoms with Crippen LogP contribution in [-0.4, -0.2) is 32.8 Å². The van der Waals surface area contributed by atoms with Crippen molar-refractivity contribution in [1.82, 2.24) is 0 Å². The molecule has 0 amide bonds. The number of Topliss-reactive ketones (excluding diaryl/α,β-unsaturated/α-hetero) is 1. The zero-order chi connectivity index (χ0) is 25.2. The van der Waals surface area contributed by atoms with Crippen LogP contribution in [0.3, 0.4) is 0 Å². The van der Waals surface area contributed by atoms with Gasteiger partial charge < -0.3 is 9.16 Å². The first-order valence-corrected chi connectivity index (χ1v) is 14.7. The Hall–Kier alpha value is -2.50. The summed E-state index contributed by atoms with van der Waals surface area (Å²) in [4.78, 5) is 24.9. The zero-order valence-corrected chi connectivity index (χ0v) is 22.6. The molecule has 0 unspecified atom stereocenters. The molecule has 0 spiro atoms. The molecule has 2 aromatic carbocycles. The highest BCUT2D eigenvalue weighted by atomic mass is 28.4. The first kappa shape index (κ1) is 25.6. The molecule has 4 nitrogen and oxygen atoms in total. The first-order chi connectivity index (χ1) is 16.6. The minimum Gasteiger partial charge on any atom is -0.462 e. The van der Waals surface area contributed by atoms with Crippen molar-refractivity contribution >= 4 is 30.4 Å². The quantitative estimate of drug-likeness (QED) is 0.420. The van der Waals surface area contributed by atoms with Crippen molar-refractivity contribution in [3.8, 4) is 0 Å². The molecule has 4 atom stereocenters. The highest BCUT2D eigenvalue weighted by Gasteiger charge is 2.52. The molecule has 0 saturated heterocycles. The van der Waals surface area contributed by atoms with Gasteiger partial charge in [-0.2, -0.15) is 0 Å². The van der Waals surface area contributed by atoms with Crippen LogP contribution < -0.4 is 10.4 Å². The number of ketones is 1. The topological polar surface area (TPSA) is 52.6 Å². The summed E-state index contributed by atoms with van der Waals surface area (Å²) in [6.07, 6.45) is 3.85. The van der Waals surface area contributed by atoms with Crippen LogP contribution in [-0.2, 0) is 18.8 Å². The third kappa shape index (κ3) is 4.94. The number of carbonyl (C=O) groups is 2. The summed E-state index contributed by atoms with van der Waals surface area (Å²) in [7, 11) is -2.70. The van der Waals surface area contributed by atoms with Crippen LogP contribution in [0.4, 0.5) is 0 Å². The van der Waals surface area contributed by atoms with Crippen molar-refractivity contribution in [3.05, 3.63) is 72.3 Å². The number of allylic oxidation sites excluding steroid dienone is 1. The molecule has 2 aromatic rings. The smallest absolute Gasteiger partial charge is 0.302 e. The van der Waals surface area contributed by atoms with E-state index in [-0.39, 0.29) is 40.6 Å². The minimum atomic E-state index is -2.70. The number of fused-ring (bicyclic) bond motifs is 1. The maximum atomic E-state index is 13.0. The highest BCUT2D eigenvalue weighted by Crippen LogP contribution is 2.45. The van der Waals surface area contributed by atoms with Crippen molar-refractivity contribution in [2.75, 3.05) is 6.61 Å². The maximum absolute atomic E-state index is 13.0. The van der Waals surface area contributed by atoms with Gasteiger partial charge in [-0.25, -0.2) is 0 Å². The second-order valence-corrected chi connectivity index (χ2v) is 15.5. The second-order valence-electron chi connectivity index (χ2n) is 11.2. The Balaban J connectivity index is 1.76. The van der Waals surface area contributed by atoms with Crippen LogP contribution in [0, 0.1) is 17.8 Å². The molecule has 1 saturated carbocycles. The number of benzene rings is 2. The van der Waals surface area contributed by atoms with E-state index in [9.17, 15) is 9.59 Å². The summed E-state index contributed by atoms with van der Waals surface area (Å²) in [5.74, 6) is 0.0565. The number of rotatable bonds is 6. The molecule has 0 aliphatic heterocycles. The molecule has 186 valence electrons. The maximum Gasteiger partial charge on any atom is 0.302 e. The molecule has 5 heteroatoms. The van der Waals surface area contributed by atoms with Gasteiger partial charge in [-0.1, -0.05) is 94.4 Å². The zero-order valence-electron chi connectivity index (χ0n) is 21.6. The molecule has 0 radical (unpaired) electrons. The van der Waals surface area contributed by atoms with Gasteiger partial charge in [-0.05, 0) is 45.7 Å². The number of ether oxygens (including phenoxy) is 1. The van der Waals surface area contributed by atoms with Gasteiger partial charge in [0.25, 0.3) is 8.32 Å². The van der Waals surface area contributed by atoms with Gasteiger partial charge >= 0.3 is 5.97 Å². The Morgan fingerprint density at radius 2 is 1.57 bits per heavy atom. The standard InChI is InChI=1S/C30H38O4Si/c1-21-19-27(32)25-17-12-18-28(34-22(2)31)29(25)26(21)20-33-35(30(3,4)5,23-13-8-6-9-14-23)24-15-10-7-11-16-24/h6-11,13-17,21,26,28-29H,12,18-20H2,1-5H3/t21-,26+,28+,29+/m1/s1. The molecule has 0 aromatic heterocycles. The van der Waals surface area contributed by atoms with E-state index in [1.165, 1.54) is 17.3 Å². The van der Waals surface area contributed by atoms with E-state index in [1.54, 1.807) is 0 Å². The Morgan fingerprint density at radius 3 is 2.09 bits per heavy atom. The first-order valence-electron chi connectivity index (χ1n) is 12.8. The molecule has 0 N–H and O–H groups in total. The third-order valence-corrected chi connectivity index (χ3v) is 12.8. The van der Waals surface area contributed by atoms with Gasteiger partial charge in [-0.15, -0.1) is 0 Å². The van der Waals surface area contributed by atoms with E-state index >= 15 is 0 Å². The second kappa shape index (κ2) is 10.2. The molecule has 0 bridgehead atoms. The lowest BCUT2D eigenvalue weighted by Gasteiger charge is -2.47. The minimum absolute atomic E-state index is 0.102. The monoisotopic (exact) mass is 490 g/mol. The number of esters is 1. The Morgan fingerprint density at radius 1 is 1.00 bits per heavy atom. The largest absolute Gasteiger partial charge is 0.462 e. The molecule has 35 heavy (non-hydrogen) atoms. The van der Waals surface area contributed by atoms with Crippen LogP contribution in [0.2, 0.25) is 5.04 Å². The molecule has 2 aliphatic carbocycles. The van der Waals surface area contributed by atoms with Crippen LogP contribution >= 0.6 is 0 Å². The summed E-state index contributed by atoms with van der Waals surface area (Å²) in [5, 5.41) is 2.37. The normalized spacial score (nSPS) is 24.9. The summed E-state index contributed by atoms with van der Waals surface area (Å²) < 4.78 is 13.1.